The topological polar surface area (TPSA) is 81.5 Å². The van der Waals surface area contributed by atoms with Gasteiger partial charge in [-0.15, -0.1) is 0 Å². The molecule has 0 heterocycles. The highest BCUT2D eigenvalue weighted by Gasteiger charge is 2.36. The Morgan fingerprint density at radius 3 is 2.27 bits per heavy atom. The first kappa shape index (κ1) is 20.0. The number of rotatable bonds is 6. The molecule has 1 N–H and O–H groups in total. The molecular formula is C17H13Cl3N2O4. The predicted octanol–water partition coefficient (Wildman–Crippen LogP) is 4.50. The average molecular weight is 416 g/mol. The van der Waals surface area contributed by atoms with Crippen LogP contribution in [0.2, 0.25) is 0 Å². The number of hydrogen-bond donors (Lipinski definition) is 1. The van der Waals surface area contributed by atoms with Crippen molar-refractivity contribution in [2.24, 2.45) is 0 Å². The van der Waals surface area contributed by atoms with Crippen LogP contribution in [0.4, 0.5) is 5.69 Å². The molecule has 0 saturated carbocycles. The number of benzene rings is 2. The lowest BCUT2D eigenvalue weighted by molar-refractivity contribution is -0.384. The largest absolute Gasteiger partial charge is 0.466 e. The molecule has 0 fully saturated rings. The van der Waals surface area contributed by atoms with Crippen LogP contribution in [-0.4, -0.2) is 20.9 Å². The Bertz CT molecular complexity index is 790. The zero-order valence-corrected chi connectivity index (χ0v) is 15.4. The van der Waals surface area contributed by atoms with Crippen molar-refractivity contribution >= 4 is 52.5 Å². The van der Waals surface area contributed by atoms with E-state index in [2.05, 4.69) is 5.32 Å². The molecule has 0 aromatic heterocycles. The summed E-state index contributed by atoms with van der Waals surface area (Å²) in [5.74, 6) is -0.341. The van der Waals surface area contributed by atoms with E-state index in [9.17, 15) is 14.9 Å². The van der Waals surface area contributed by atoms with Gasteiger partial charge in [-0.05, 0) is 23.8 Å². The summed E-state index contributed by atoms with van der Waals surface area (Å²) in [6, 6.07) is 14.3. The molecule has 136 valence electrons. The Kier molecular flexibility index (Phi) is 6.85. The maximum absolute atomic E-state index is 12.1. The zero-order chi connectivity index (χ0) is 19.2. The van der Waals surface area contributed by atoms with E-state index in [1.54, 1.807) is 6.08 Å². The molecule has 0 saturated heterocycles. The monoisotopic (exact) mass is 414 g/mol. The number of alkyl halides is 3. The number of hydrogen-bond acceptors (Lipinski definition) is 4. The lowest BCUT2D eigenvalue weighted by Crippen LogP contribution is -2.47. The predicted molar refractivity (Wildman–Crippen MR) is 101 cm³/mol. The molecule has 0 unspecified atom stereocenters. The number of carbonyl (C=O) groups excluding carboxylic acids is 1. The van der Waals surface area contributed by atoms with E-state index in [1.807, 2.05) is 30.3 Å². The molecule has 1 atom stereocenters. The summed E-state index contributed by atoms with van der Waals surface area (Å²) in [6.07, 6.45) is 1.57. The fourth-order valence-corrected chi connectivity index (χ4v) is 2.17. The van der Waals surface area contributed by atoms with Gasteiger partial charge in [-0.3, -0.25) is 14.9 Å². The van der Waals surface area contributed by atoms with E-state index < -0.39 is 20.9 Å². The molecule has 9 heteroatoms. The van der Waals surface area contributed by atoms with Crippen molar-refractivity contribution in [3.63, 3.8) is 0 Å². The summed E-state index contributed by atoms with van der Waals surface area (Å²) >= 11 is 17.6. The van der Waals surface area contributed by atoms with Gasteiger partial charge in [-0.1, -0.05) is 65.1 Å². The van der Waals surface area contributed by atoms with Crippen LogP contribution in [0.15, 0.2) is 60.7 Å². The molecule has 0 aliphatic rings. The van der Waals surface area contributed by atoms with Crippen LogP contribution in [0.5, 0.6) is 5.75 Å². The van der Waals surface area contributed by atoms with E-state index in [4.69, 9.17) is 39.5 Å². The fourth-order valence-electron chi connectivity index (χ4n) is 1.87. The van der Waals surface area contributed by atoms with Crippen LogP contribution in [0.1, 0.15) is 5.56 Å². The van der Waals surface area contributed by atoms with Crippen LogP contribution in [0.25, 0.3) is 6.08 Å². The summed E-state index contributed by atoms with van der Waals surface area (Å²) in [6.45, 7) is 0. The smallest absolute Gasteiger partial charge is 0.269 e. The standard InChI is InChI=1S/C17H13Cl3N2O4/c18-17(19,20)16(26-14-9-7-13(8-10-14)22(24)25)21-15(23)11-6-12-4-2-1-3-5-12/h1-11,16H,(H,21,23)/b11-6+/t16-/m1/s1. The third-order valence-corrected chi connectivity index (χ3v) is 3.69. The fraction of sp³-hybridized carbons (Fsp3) is 0.118. The minimum atomic E-state index is -1.96. The summed E-state index contributed by atoms with van der Waals surface area (Å²) < 4.78 is 3.49. The molecule has 0 spiro atoms. The van der Waals surface area contributed by atoms with E-state index in [0.717, 1.165) is 5.56 Å². The van der Waals surface area contributed by atoms with E-state index >= 15 is 0 Å². The van der Waals surface area contributed by atoms with Gasteiger partial charge < -0.3 is 10.1 Å². The molecule has 2 aromatic carbocycles. The second-order valence-electron chi connectivity index (χ2n) is 5.04. The summed E-state index contributed by atoms with van der Waals surface area (Å²) in [4.78, 5) is 22.2. The second-order valence-corrected chi connectivity index (χ2v) is 7.41. The third kappa shape index (κ3) is 6.22. The molecule has 0 aliphatic heterocycles. The number of halogens is 3. The number of nitrogens with one attached hydrogen (secondary N) is 1. The highest BCUT2D eigenvalue weighted by atomic mass is 35.6. The molecule has 6 nitrogen and oxygen atoms in total. The van der Waals surface area contributed by atoms with E-state index in [1.165, 1.54) is 30.3 Å². The van der Waals surface area contributed by atoms with Crippen LogP contribution in [-0.2, 0) is 4.79 Å². The average Bonchev–Trinajstić information content (AvgIpc) is 2.60. The highest BCUT2D eigenvalue weighted by molar-refractivity contribution is 6.68. The van der Waals surface area contributed by atoms with Gasteiger partial charge in [0.2, 0.25) is 15.9 Å². The van der Waals surface area contributed by atoms with Crippen molar-refractivity contribution in [2.45, 2.75) is 10.0 Å². The van der Waals surface area contributed by atoms with Crippen molar-refractivity contribution < 1.29 is 14.5 Å². The summed E-state index contributed by atoms with van der Waals surface area (Å²) in [5.41, 5.74) is 0.710. The van der Waals surface area contributed by atoms with Crippen LogP contribution in [0.3, 0.4) is 0 Å². The number of nitro groups is 1. The maximum atomic E-state index is 12.1. The SMILES string of the molecule is O=C(/C=C/c1ccccc1)N[C@H](Oc1ccc([N+](=O)[O-])cc1)C(Cl)(Cl)Cl. The minimum absolute atomic E-state index is 0.113. The molecule has 0 bridgehead atoms. The van der Waals surface area contributed by atoms with Gasteiger partial charge in [-0.25, -0.2) is 0 Å². The molecule has 2 rings (SSSR count). The van der Waals surface area contributed by atoms with Crippen LogP contribution in [0, 0.1) is 10.1 Å². The quantitative estimate of drug-likeness (QED) is 0.248. The van der Waals surface area contributed by atoms with Gasteiger partial charge in [0.05, 0.1) is 4.92 Å². The first-order valence-corrected chi connectivity index (χ1v) is 8.40. The van der Waals surface area contributed by atoms with Gasteiger partial charge in [-0.2, -0.15) is 0 Å². The Labute approximate surface area is 164 Å². The molecule has 1 amide bonds. The normalized spacial score (nSPS) is 12.6. The summed E-state index contributed by atoms with van der Waals surface area (Å²) in [7, 11) is 0. The lowest BCUT2D eigenvalue weighted by Gasteiger charge is -2.25. The first-order valence-electron chi connectivity index (χ1n) is 7.27. The number of amides is 1. The van der Waals surface area contributed by atoms with Crippen molar-refractivity contribution in [1.82, 2.24) is 5.32 Å². The first-order chi connectivity index (χ1) is 12.3. The van der Waals surface area contributed by atoms with Gasteiger partial charge in [0.15, 0.2) is 0 Å². The second kappa shape index (κ2) is 8.89. The van der Waals surface area contributed by atoms with Crippen molar-refractivity contribution in [1.29, 1.82) is 0 Å². The molecule has 26 heavy (non-hydrogen) atoms. The van der Waals surface area contributed by atoms with Gasteiger partial charge in [0, 0.05) is 18.2 Å². The van der Waals surface area contributed by atoms with Gasteiger partial charge >= 0.3 is 0 Å². The highest BCUT2D eigenvalue weighted by Crippen LogP contribution is 2.32. The van der Waals surface area contributed by atoms with Crippen LogP contribution >= 0.6 is 34.8 Å². The molecule has 2 aromatic rings. The lowest BCUT2D eigenvalue weighted by atomic mass is 10.2. The Balaban J connectivity index is 2.06. The number of nitro benzene ring substituents is 1. The number of carbonyl (C=O) groups is 1. The van der Waals surface area contributed by atoms with Crippen LogP contribution < -0.4 is 10.1 Å². The van der Waals surface area contributed by atoms with Crippen molar-refractivity contribution in [2.75, 3.05) is 0 Å². The Hall–Kier alpha value is -2.28. The van der Waals surface area contributed by atoms with Gasteiger partial charge in [0.25, 0.3) is 5.69 Å². The Morgan fingerprint density at radius 2 is 1.73 bits per heavy atom. The Morgan fingerprint density at radius 1 is 1.12 bits per heavy atom. The number of nitrogens with zero attached hydrogens (tertiary/aromatic N) is 1. The van der Waals surface area contributed by atoms with Crippen molar-refractivity contribution in [3.8, 4) is 5.75 Å². The summed E-state index contributed by atoms with van der Waals surface area (Å²) in [5, 5.41) is 13.1. The third-order valence-electron chi connectivity index (χ3n) is 3.10. The van der Waals surface area contributed by atoms with Crippen molar-refractivity contribution in [3.05, 3.63) is 76.4 Å². The number of ether oxygens (including phenoxy) is 1. The maximum Gasteiger partial charge on any atom is 0.269 e. The number of non-ortho nitro benzene ring substituents is 1. The molecule has 0 aliphatic carbocycles. The molecule has 0 radical (unpaired) electrons. The van der Waals surface area contributed by atoms with Gasteiger partial charge in [0.1, 0.15) is 5.75 Å². The van der Waals surface area contributed by atoms with E-state index in [-0.39, 0.29) is 11.4 Å². The van der Waals surface area contributed by atoms with E-state index in [0.29, 0.717) is 0 Å². The minimum Gasteiger partial charge on any atom is -0.466 e. The zero-order valence-electron chi connectivity index (χ0n) is 13.1. The molecular weight excluding hydrogens is 403 g/mol.